The van der Waals surface area contributed by atoms with E-state index in [1.165, 1.54) is 12.8 Å². The number of benzene rings is 1. The van der Waals surface area contributed by atoms with Gasteiger partial charge in [-0.25, -0.2) is 8.42 Å². The SMILES string of the molecule is CC1CCN(CCCNC(=O)[C@@H](C)N(c2ccc3c(c2)OCCO3)S(C)(=O)=O)CC1. The summed E-state index contributed by atoms with van der Waals surface area (Å²) in [5, 5.41) is 2.89. The molecule has 0 bridgehead atoms. The van der Waals surface area contributed by atoms with Crippen molar-refractivity contribution in [3.63, 3.8) is 0 Å². The first-order valence-corrected chi connectivity index (χ1v) is 12.5. The molecule has 0 spiro atoms. The zero-order valence-electron chi connectivity index (χ0n) is 18.1. The Balaban J connectivity index is 1.58. The molecule has 2 heterocycles. The molecule has 1 saturated heterocycles. The average Bonchev–Trinajstić information content (AvgIpc) is 2.71. The number of anilines is 1. The first-order valence-electron chi connectivity index (χ1n) is 10.6. The van der Waals surface area contributed by atoms with Gasteiger partial charge in [0.1, 0.15) is 19.3 Å². The number of sulfonamides is 1. The molecule has 168 valence electrons. The molecule has 0 saturated carbocycles. The van der Waals surface area contributed by atoms with Gasteiger partial charge in [0.05, 0.1) is 11.9 Å². The lowest BCUT2D eigenvalue weighted by Crippen LogP contribution is -2.48. The van der Waals surface area contributed by atoms with Crippen LogP contribution in [0.25, 0.3) is 0 Å². The summed E-state index contributed by atoms with van der Waals surface area (Å²) >= 11 is 0. The molecule has 1 amide bonds. The van der Waals surface area contributed by atoms with E-state index in [-0.39, 0.29) is 5.91 Å². The number of hydrogen-bond donors (Lipinski definition) is 1. The van der Waals surface area contributed by atoms with E-state index in [1.54, 1.807) is 25.1 Å². The molecule has 3 rings (SSSR count). The monoisotopic (exact) mass is 439 g/mol. The quantitative estimate of drug-likeness (QED) is 0.622. The number of rotatable bonds is 8. The molecule has 0 aliphatic carbocycles. The molecule has 1 aromatic rings. The fourth-order valence-corrected chi connectivity index (χ4v) is 5.09. The van der Waals surface area contributed by atoms with Crippen LogP contribution < -0.4 is 19.1 Å². The highest BCUT2D eigenvalue weighted by atomic mass is 32.2. The lowest BCUT2D eigenvalue weighted by molar-refractivity contribution is -0.121. The third kappa shape index (κ3) is 5.78. The van der Waals surface area contributed by atoms with Crippen molar-refractivity contribution in [1.82, 2.24) is 10.2 Å². The fraction of sp³-hybridized carbons (Fsp3) is 0.667. The number of hydrogen-bond acceptors (Lipinski definition) is 6. The second kappa shape index (κ2) is 9.87. The van der Waals surface area contributed by atoms with E-state index in [0.29, 0.717) is 36.9 Å². The topological polar surface area (TPSA) is 88.2 Å². The minimum absolute atomic E-state index is 0.317. The maximum absolute atomic E-state index is 12.7. The second-order valence-corrected chi connectivity index (χ2v) is 10.1. The first-order chi connectivity index (χ1) is 14.3. The van der Waals surface area contributed by atoms with Gasteiger partial charge in [0.15, 0.2) is 11.5 Å². The van der Waals surface area contributed by atoms with Gasteiger partial charge in [0.25, 0.3) is 0 Å². The van der Waals surface area contributed by atoms with Crippen LogP contribution in [0.4, 0.5) is 5.69 Å². The van der Waals surface area contributed by atoms with Crippen molar-refractivity contribution in [2.45, 2.75) is 39.2 Å². The Labute approximate surface area is 179 Å². The number of carbonyl (C=O) groups is 1. The van der Waals surface area contributed by atoms with Crippen LogP contribution in [0.3, 0.4) is 0 Å². The summed E-state index contributed by atoms with van der Waals surface area (Å²) in [6, 6.07) is 4.04. The third-order valence-electron chi connectivity index (χ3n) is 5.70. The summed E-state index contributed by atoms with van der Waals surface area (Å²) in [7, 11) is -3.67. The number of nitrogens with one attached hydrogen (secondary N) is 1. The third-order valence-corrected chi connectivity index (χ3v) is 6.94. The molecule has 0 unspecified atom stereocenters. The molecule has 0 aromatic heterocycles. The van der Waals surface area contributed by atoms with Gasteiger partial charge in [-0.1, -0.05) is 6.92 Å². The predicted molar refractivity (Wildman–Crippen MR) is 117 cm³/mol. The van der Waals surface area contributed by atoms with Crippen LogP contribution in [-0.4, -0.2) is 70.9 Å². The molecule has 2 aliphatic rings. The highest BCUT2D eigenvalue weighted by Gasteiger charge is 2.30. The first kappa shape index (κ1) is 22.7. The van der Waals surface area contributed by atoms with Gasteiger partial charge >= 0.3 is 0 Å². The highest BCUT2D eigenvalue weighted by Crippen LogP contribution is 2.35. The van der Waals surface area contributed by atoms with Gasteiger partial charge in [-0.05, 0) is 63.9 Å². The molecule has 2 aliphatic heterocycles. The van der Waals surface area contributed by atoms with E-state index in [9.17, 15) is 13.2 Å². The summed E-state index contributed by atoms with van der Waals surface area (Å²) < 4.78 is 37.1. The van der Waals surface area contributed by atoms with Crippen LogP contribution in [0.5, 0.6) is 11.5 Å². The largest absolute Gasteiger partial charge is 0.486 e. The lowest BCUT2D eigenvalue weighted by Gasteiger charge is -2.30. The van der Waals surface area contributed by atoms with Crippen LogP contribution in [0.15, 0.2) is 18.2 Å². The molecular formula is C21H33N3O5S. The molecule has 9 heteroatoms. The molecule has 1 aromatic carbocycles. The van der Waals surface area contributed by atoms with Gasteiger partial charge in [-0.15, -0.1) is 0 Å². The van der Waals surface area contributed by atoms with E-state index < -0.39 is 16.1 Å². The number of ether oxygens (including phenoxy) is 2. The Morgan fingerprint density at radius 2 is 1.90 bits per heavy atom. The molecule has 0 radical (unpaired) electrons. The van der Waals surface area contributed by atoms with E-state index in [2.05, 4.69) is 17.1 Å². The van der Waals surface area contributed by atoms with Gasteiger partial charge in [-0.3, -0.25) is 9.10 Å². The van der Waals surface area contributed by atoms with Crippen LogP contribution in [-0.2, 0) is 14.8 Å². The Morgan fingerprint density at radius 3 is 2.57 bits per heavy atom. The van der Waals surface area contributed by atoms with Crippen LogP contribution in [0.2, 0.25) is 0 Å². The van der Waals surface area contributed by atoms with Crippen molar-refractivity contribution in [2.24, 2.45) is 5.92 Å². The zero-order valence-corrected chi connectivity index (χ0v) is 18.9. The number of carbonyl (C=O) groups excluding carboxylic acids is 1. The fourth-order valence-electron chi connectivity index (χ4n) is 3.93. The number of nitrogens with zero attached hydrogens (tertiary/aromatic N) is 2. The maximum Gasteiger partial charge on any atom is 0.243 e. The molecule has 1 N–H and O–H groups in total. The summed E-state index contributed by atoms with van der Waals surface area (Å²) in [4.78, 5) is 15.1. The van der Waals surface area contributed by atoms with E-state index in [0.717, 1.165) is 42.5 Å². The normalized spacial score (nSPS) is 18.6. The molecular weight excluding hydrogens is 406 g/mol. The predicted octanol–water partition coefficient (Wildman–Crippen LogP) is 1.85. The summed E-state index contributed by atoms with van der Waals surface area (Å²) in [5.41, 5.74) is 0.381. The van der Waals surface area contributed by atoms with E-state index >= 15 is 0 Å². The second-order valence-electron chi connectivity index (χ2n) is 8.23. The summed E-state index contributed by atoms with van der Waals surface area (Å²) in [5.74, 6) is 1.53. The van der Waals surface area contributed by atoms with Crippen molar-refractivity contribution in [1.29, 1.82) is 0 Å². The van der Waals surface area contributed by atoms with E-state index in [4.69, 9.17) is 9.47 Å². The van der Waals surface area contributed by atoms with Gasteiger partial charge in [0.2, 0.25) is 15.9 Å². The smallest absolute Gasteiger partial charge is 0.243 e. The summed E-state index contributed by atoms with van der Waals surface area (Å²) in [6.45, 7) is 8.42. The standard InChI is InChI=1S/C21H33N3O5S/c1-16-7-11-23(12-8-16)10-4-9-22-21(25)17(2)24(30(3,26)27)18-5-6-19-20(15-18)29-14-13-28-19/h5-6,15-17H,4,7-14H2,1-3H3,(H,22,25)/t17-/m1/s1. The van der Waals surface area contributed by atoms with Crippen molar-refractivity contribution in [3.05, 3.63) is 18.2 Å². The molecule has 1 atom stereocenters. The number of amides is 1. The van der Waals surface area contributed by atoms with Crippen LogP contribution >= 0.6 is 0 Å². The Morgan fingerprint density at radius 1 is 1.23 bits per heavy atom. The number of fused-ring (bicyclic) bond motifs is 1. The number of likely N-dealkylation sites (tertiary alicyclic amines) is 1. The van der Waals surface area contributed by atoms with Crippen molar-refractivity contribution in [2.75, 3.05) is 50.0 Å². The summed E-state index contributed by atoms with van der Waals surface area (Å²) in [6.07, 6.45) is 4.39. The molecule has 8 nitrogen and oxygen atoms in total. The van der Waals surface area contributed by atoms with E-state index in [1.807, 2.05) is 0 Å². The van der Waals surface area contributed by atoms with Gasteiger partial charge in [-0.2, -0.15) is 0 Å². The number of piperidine rings is 1. The maximum atomic E-state index is 12.7. The lowest BCUT2D eigenvalue weighted by atomic mass is 9.99. The minimum Gasteiger partial charge on any atom is -0.486 e. The molecule has 30 heavy (non-hydrogen) atoms. The Hall–Kier alpha value is -2.00. The highest BCUT2D eigenvalue weighted by molar-refractivity contribution is 7.92. The Kier molecular flexibility index (Phi) is 7.46. The van der Waals surface area contributed by atoms with Gasteiger partial charge in [0, 0.05) is 12.6 Å². The van der Waals surface area contributed by atoms with Crippen LogP contribution in [0, 0.1) is 5.92 Å². The van der Waals surface area contributed by atoms with Crippen molar-refractivity contribution in [3.8, 4) is 11.5 Å². The van der Waals surface area contributed by atoms with Gasteiger partial charge < -0.3 is 19.7 Å². The minimum atomic E-state index is -3.67. The van der Waals surface area contributed by atoms with Crippen molar-refractivity contribution < 1.29 is 22.7 Å². The van der Waals surface area contributed by atoms with Crippen LogP contribution in [0.1, 0.15) is 33.1 Å². The van der Waals surface area contributed by atoms with Crippen molar-refractivity contribution >= 4 is 21.6 Å². The average molecular weight is 440 g/mol. The molecule has 1 fully saturated rings. The zero-order chi connectivity index (χ0) is 21.7. The Bertz CT molecular complexity index is 837.